The number of ether oxygens (including phenoxy) is 2. The van der Waals surface area contributed by atoms with E-state index in [1.165, 1.54) is 0 Å². The first-order valence-corrected chi connectivity index (χ1v) is 9.38. The number of aliphatic hydroxyl groups is 1. The molecule has 1 aromatic carbocycles. The summed E-state index contributed by atoms with van der Waals surface area (Å²) < 4.78 is 11.0. The van der Waals surface area contributed by atoms with E-state index in [2.05, 4.69) is 14.8 Å². The third-order valence-electron chi connectivity index (χ3n) is 4.29. The molecule has 0 amide bonds. The molecule has 0 saturated carbocycles. The summed E-state index contributed by atoms with van der Waals surface area (Å²) in [6, 6.07) is 7.78. The van der Waals surface area contributed by atoms with Gasteiger partial charge in [-0.15, -0.1) is 11.3 Å². The van der Waals surface area contributed by atoms with Crippen LogP contribution in [0.25, 0.3) is 0 Å². The highest BCUT2D eigenvalue weighted by molar-refractivity contribution is 7.13. The van der Waals surface area contributed by atoms with Crippen LogP contribution in [0.3, 0.4) is 0 Å². The minimum Gasteiger partial charge on any atom is -0.496 e. The van der Waals surface area contributed by atoms with E-state index in [0.717, 1.165) is 42.6 Å². The van der Waals surface area contributed by atoms with E-state index in [9.17, 15) is 5.11 Å². The maximum Gasteiger partial charge on any atom is 0.185 e. The van der Waals surface area contributed by atoms with Crippen molar-refractivity contribution in [3.05, 3.63) is 41.4 Å². The van der Waals surface area contributed by atoms with Crippen LogP contribution in [0, 0.1) is 0 Å². The Hall–Kier alpha value is -1.67. The SMILES string of the molecule is COc1ccccc1COC[C@H](O)CN1CCN(c2nccs2)CC1. The third kappa shape index (κ3) is 5.15. The smallest absolute Gasteiger partial charge is 0.185 e. The van der Waals surface area contributed by atoms with Crippen molar-refractivity contribution in [1.29, 1.82) is 0 Å². The first kappa shape index (κ1) is 18.1. The van der Waals surface area contributed by atoms with Gasteiger partial charge in [-0.3, -0.25) is 4.90 Å². The molecule has 1 aromatic heterocycles. The quantitative estimate of drug-likeness (QED) is 0.772. The Morgan fingerprint density at radius 3 is 2.76 bits per heavy atom. The Bertz CT molecular complexity index is 630. The molecular weight excluding hydrogens is 338 g/mol. The van der Waals surface area contributed by atoms with Gasteiger partial charge in [-0.05, 0) is 6.07 Å². The maximum atomic E-state index is 10.2. The van der Waals surface area contributed by atoms with Crippen LogP contribution < -0.4 is 9.64 Å². The van der Waals surface area contributed by atoms with Crippen LogP contribution in [0.2, 0.25) is 0 Å². The van der Waals surface area contributed by atoms with Crippen molar-refractivity contribution in [2.24, 2.45) is 0 Å². The van der Waals surface area contributed by atoms with Crippen LogP contribution in [0.5, 0.6) is 5.75 Å². The van der Waals surface area contributed by atoms with Crippen molar-refractivity contribution in [3.63, 3.8) is 0 Å². The summed E-state index contributed by atoms with van der Waals surface area (Å²) in [5, 5.41) is 13.3. The number of hydrogen-bond donors (Lipinski definition) is 1. The molecule has 0 radical (unpaired) electrons. The highest BCUT2D eigenvalue weighted by Crippen LogP contribution is 2.19. The van der Waals surface area contributed by atoms with Crippen LogP contribution in [0.1, 0.15) is 5.56 Å². The molecule has 136 valence electrons. The van der Waals surface area contributed by atoms with Gasteiger partial charge in [0.1, 0.15) is 5.75 Å². The van der Waals surface area contributed by atoms with Crippen LogP contribution in [-0.2, 0) is 11.3 Å². The molecule has 1 aliphatic heterocycles. The average Bonchev–Trinajstić information content (AvgIpc) is 3.17. The monoisotopic (exact) mass is 363 g/mol. The second kappa shape index (κ2) is 9.15. The zero-order valence-electron chi connectivity index (χ0n) is 14.5. The van der Waals surface area contributed by atoms with Crippen molar-refractivity contribution in [1.82, 2.24) is 9.88 Å². The standard InChI is InChI=1S/C18H25N3O3S/c1-23-17-5-3-2-4-15(17)13-24-14-16(22)12-20-7-9-21(10-8-20)18-19-6-11-25-18/h2-6,11,16,22H,7-10,12-14H2,1H3/t16-/m1/s1. The lowest BCUT2D eigenvalue weighted by atomic mass is 10.2. The van der Waals surface area contributed by atoms with Gasteiger partial charge in [0.25, 0.3) is 0 Å². The van der Waals surface area contributed by atoms with Gasteiger partial charge in [0.05, 0.1) is 26.4 Å². The molecule has 2 aromatic rings. The third-order valence-corrected chi connectivity index (χ3v) is 5.12. The molecule has 0 bridgehead atoms. The molecule has 1 N–H and O–H groups in total. The predicted molar refractivity (Wildman–Crippen MR) is 99.4 cm³/mol. The fourth-order valence-electron chi connectivity index (χ4n) is 2.97. The molecule has 1 fully saturated rings. The molecule has 7 heteroatoms. The lowest BCUT2D eigenvalue weighted by Crippen LogP contribution is -2.49. The Morgan fingerprint density at radius 2 is 2.04 bits per heavy atom. The summed E-state index contributed by atoms with van der Waals surface area (Å²) in [4.78, 5) is 8.93. The molecule has 1 saturated heterocycles. The molecule has 0 aliphatic carbocycles. The summed E-state index contributed by atoms with van der Waals surface area (Å²) in [7, 11) is 1.65. The highest BCUT2D eigenvalue weighted by Gasteiger charge is 2.20. The lowest BCUT2D eigenvalue weighted by Gasteiger charge is -2.35. The van der Waals surface area contributed by atoms with E-state index in [1.807, 2.05) is 35.8 Å². The maximum absolute atomic E-state index is 10.2. The van der Waals surface area contributed by atoms with Crippen molar-refractivity contribution >= 4 is 16.5 Å². The number of aromatic nitrogens is 1. The van der Waals surface area contributed by atoms with Gasteiger partial charge in [-0.2, -0.15) is 0 Å². The lowest BCUT2D eigenvalue weighted by molar-refractivity contribution is 0.00866. The molecule has 6 nitrogen and oxygen atoms in total. The number of rotatable bonds is 8. The largest absolute Gasteiger partial charge is 0.496 e. The number of para-hydroxylation sites is 1. The topological polar surface area (TPSA) is 58.1 Å². The van der Waals surface area contributed by atoms with Gasteiger partial charge in [0.2, 0.25) is 0 Å². The van der Waals surface area contributed by atoms with Crippen LogP contribution in [0.15, 0.2) is 35.8 Å². The first-order valence-electron chi connectivity index (χ1n) is 8.51. The predicted octanol–water partition coefficient (Wildman–Crippen LogP) is 1.85. The summed E-state index contributed by atoms with van der Waals surface area (Å²) >= 11 is 1.67. The number of methoxy groups -OCH3 is 1. The summed E-state index contributed by atoms with van der Waals surface area (Å²) in [5.41, 5.74) is 0.995. The zero-order valence-corrected chi connectivity index (χ0v) is 15.3. The fraction of sp³-hybridized carbons (Fsp3) is 0.500. The van der Waals surface area contributed by atoms with Gasteiger partial charge < -0.3 is 19.5 Å². The van der Waals surface area contributed by atoms with Crippen molar-refractivity contribution < 1.29 is 14.6 Å². The molecule has 25 heavy (non-hydrogen) atoms. The molecule has 1 atom stereocenters. The van der Waals surface area contributed by atoms with E-state index in [0.29, 0.717) is 19.8 Å². The van der Waals surface area contributed by atoms with Crippen LogP contribution in [-0.4, -0.2) is 67.5 Å². The Kier molecular flexibility index (Phi) is 6.63. The number of aliphatic hydroxyl groups excluding tert-OH is 1. The molecule has 1 aliphatic rings. The molecule has 0 unspecified atom stereocenters. The van der Waals surface area contributed by atoms with E-state index in [4.69, 9.17) is 9.47 Å². The van der Waals surface area contributed by atoms with Gasteiger partial charge in [-0.25, -0.2) is 4.98 Å². The van der Waals surface area contributed by atoms with Gasteiger partial charge >= 0.3 is 0 Å². The number of hydrogen-bond acceptors (Lipinski definition) is 7. The van der Waals surface area contributed by atoms with E-state index in [-0.39, 0.29) is 0 Å². The minimum atomic E-state index is -0.485. The number of anilines is 1. The second-order valence-corrected chi connectivity index (χ2v) is 6.96. The van der Waals surface area contributed by atoms with Gasteiger partial charge in [0.15, 0.2) is 5.13 Å². The number of thiazole rings is 1. The number of piperazine rings is 1. The van der Waals surface area contributed by atoms with Crippen LogP contribution >= 0.6 is 11.3 Å². The Labute approximate surface area is 152 Å². The molecule has 2 heterocycles. The number of benzene rings is 1. The van der Waals surface area contributed by atoms with Crippen molar-refractivity contribution in [2.45, 2.75) is 12.7 Å². The highest BCUT2D eigenvalue weighted by atomic mass is 32.1. The summed E-state index contributed by atoms with van der Waals surface area (Å²) in [6.07, 6.45) is 1.36. The van der Waals surface area contributed by atoms with Crippen molar-refractivity contribution in [2.75, 3.05) is 51.3 Å². The zero-order chi connectivity index (χ0) is 17.5. The van der Waals surface area contributed by atoms with Crippen LogP contribution in [0.4, 0.5) is 5.13 Å². The minimum absolute atomic E-state index is 0.324. The second-order valence-electron chi connectivity index (χ2n) is 6.08. The molecule has 3 rings (SSSR count). The number of nitrogens with zero attached hydrogens (tertiary/aromatic N) is 3. The Morgan fingerprint density at radius 1 is 1.24 bits per heavy atom. The Balaban J connectivity index is 1.36. The van der Waals surface area contributed by atoms with Gasteiger partial charge in [-0.1, -0.05) is 18.2 Å². The van der Waals surface area contributed by atoms with E-state index in [1.54, 1.807) is 18.4 Å². The normalized spacial score (nSPS) is 16.8. The number of β-amino-alcohol motifs (C(OH)–C–C–N with tert-alkyl or cyclic N) is 1. The summed E-state index contributed by atoms with van der Waals surface area (Å²) in [5.74, 6) is 0.815. The van der Waals surface area contributed by atoms with E-state index < -0.39 is 6.10 Å². The summed E-state index contributed by atoms with van der Waals surface area (Å²) in [6.45, 7) is 5.16. The molecular formula is C18H25N3O3S. The molecule has 0 spiro atoms. The fourth-order valence-corrected chi connectivity index (χ4v) is 3.67. The average molecular weight is 363 g/mol. The van der Waals surface area contributed by atoms with Crippen molar-refractivity contribution in [3.8, 4) is 5.75 Å². The van der Waals surface area contributed by atoms with E-state index >= 15 is 0 Å². The van der Waals surface area contributed by atoms with Gasteiger partial charge in [0, 0.05) is 49.9 Å². The first-order chi connectivity index (χ1) is 12.3.